The molecule has 2 aromatic carbocycles. The molecule has 0 aliphatic carbocycles. The number of hydrogen-bond donors (Lipinski definition) is 1. The maximum atomic E-state index is 11.0. The first-order valence-electron chi connectivity index (χ1n) is 6.05. The van der Waals surface area contributed by atoms with Crippen molar-refractivity contribution < 1.29 is 4.92 Å². The highest BCUT2D eigenvalue weighted by Gasteiger charge is 2.13. The molecule has 0 spiro atoms. The summed E-state index contributed by atoms with van der Waals surface area (Å²) >= 11 is 0. The molecule has 5 heteroatoms. The van der Waals surface area contributed by atoms with E-state index in [4.69, 9.17) is 6.57 Å². The van der Waals surface area contributed by atoms with Gasteiger partial charge in [0.25, 0.3) is 5.69 Å². The Hall–Kier alpha value is -2.87. The van der Waals surface area contributed by atoms with Gasteiger partial charge in [0.05, 0.1) is 11.5 Å². The Morgan fingerprint density at radius 3 is 2.80 bits per heavy atom. The van der Waals surface area contributed by atoms with Crippen molar-refractivity contribution in [3.05, 3.63) is 75.1 Å². The summed E-state index contributed by atoms with van der Waals surface area (Å²) in [4.78, 5) is 14.0. The number of benzene rings is 2. The first kappa shape index (κ1) is 13.6. The Kier molecular flexibility index (Phi) is 3.96. The zero-order chi connectivity index (χ0) is 14.5. The topological polar surface area (TPSA) is 59.5 Å². The molecule has 0 amide bonds. The Bertz CT molecular complexity index is 690. The average Bonchev–Trinajstić information content (AvgIpc) is 2.46. The van der Waals surface area contributed by atoms with E-state index in [-0.39, 0.29) is 10.6 Å². The van der Waals surface area contributed by atoms with Gasteiger partial charge < -0.3 is 5.32 Å². The highest BCUT2D eigenvalue weighted by Crippen LogP contribution is 2.23. The quantitative estimate of drug-likeness (QED) is 0.516. The van der Waals surface area contributed by atoms with E-state index in [2.05, 4.69) is 10.2 Å². The number of aryl methyl sites for hydroxylation is 1. The molecule has 2 aromatic rings. The number of nitrogens with one attached hydrogen (secondary N) is 1. The maximum absolute atomic E-state index is 11.0. The monoisotopic (exact) mass is 267 g/mol. The lowest BCUT2D eigenvalue weighted by Crippen LogP contribution is -2.03. The fourth-order valence-electron chi connectivity index (χ4n) is 1.88. The minimum Gasteiger partial charge on any atom is -0.382 e. The smallest absolute Gasteiger partial charge is 0.274 e. The van der Waals surface area contributed by atoms with Crippen LogP contribution in [0.15, 0.2) is 42.5 Å². The van der Waals surface area contributed by atoms with E-state index < -0.39 is 0 Å². The molecule has 1 N–H and O–H groups in total. The predicted molar refractivity (Wildman–Crippen MR) is 77.9 cm³/mol. The van der Waals surface area contributed by atoms with Crippen molar-refractivity contribution in [1.29, 1.82) is 0 Å². The number of nitro benzene ring substituents is 1. The van der Waals surface area contributed by atoms with E-state index in [0.717, 1.165) is 11.3 Å². The molecule has 0 bridgehead atoms. The summed E-state index contributed by atoms with van der Waals surface area (Å²) < 4.78 is 0. The third-order valence-electron chi connectivity index (χ3n) is 2.90. The summed E-state index contributed by atoms with van der Waals surface area (Å²) in [6, 6.07) is 12.2. The van der Waals surface area contributed by atoms with Crippen LogP contribution in [0.5, 0.6) is 0 Å². The van der Waals surface area contributed by atoms with Gasteiger partial charge in [0.15, 0.2) is 5.69 Å². The van der Waals surface area contributed by atoms with Gasteiger partial charge in [-0.2, -0.15) is 0 Å². The van der Waals surface area contributed by atoms with Gasteiger partial charge in [-0.1, -0.05) is 24.3 Å². The first-order valence-corrected chi connectivity index (χ1v) is 6.05. The molecule has 0 saturated carbocycles. The molecule has 2 rings (SSSR count). The van der Waals surface area contributed by atoms with E-state index in [1.54, 1.807) is 30.3 Å². The number of hydrogen-bond acceptors (Lipinski definition) is 3. The van der Waals surface area contributed by atoms with Crippen LogP contribution in [-0.4, -0.2) is 4.92 Å². The maximum Gasteiger partial charge on any atom is 0.274 e. The van der Waals surface area contributed by atoms with Crippen LogP contribution in [0.4, 0.5) is 17.1 Å². The largest absolute Gasteiger partial charge is 0.382 e. The molecule has 0 aliphatic heterocycles. The molecule has 0 saturated heterocycles. The standard InChI is InChI=1S/C15H13N3O2/c1-11-6-7-12(15(8-11)18(19)20)10-17-14-5-3-4-13(9-14)16-2/h3-9,17H,10H2,1H3. The molecule has 0 aromatic heterocycles. The van der Waals surface area contributed by atoms with Crippen molar-refractivity contribution in [2.24, 2.45) is 0 Å². The van der Waals surface area contributed by atoms with E-state index >= 15 is 0 Å². The minimum atomic E-state index is -0.375. The van der Waals surface area contributed by atoms with Gasteiger partial charge in [-0.15, -0.1) is 0 Å². The molecule has 0 radical (unpaired) electrons. The first-order chi connectivity index (χ1) is 9.60. The lowest BCUT2D eigenvalue weighted by molar-refractivity contribution is -0.385. The molecule has 0 heterocycles. The lowest BCUT2D eigenvalue weighted by atomic mass is 10.1. The summed E-state index contributed by atoms with van der Waals surface area (Å²) in [7, 11) is 0. The minimum absolute atomic E-state index is 0.110. The molecule has 5 nitrogen and oxygen atoms in total. The van der Waals surface area contributed by atoms with Crippen LogP contribution >= 0.6 is 0 Å². The summed E-state index contributed by atoms with van der Waals surface area (Å²) in [6.45, 7) is 9.13. The average molecular weight is 267 g/mol. The fourth-order valence-corrected chi connectivity index (χ4v) is 1.88. The molecule has 0 atom stereocenters. The van der Waals surface area contributed by atoms with Gasteiger partial charge in [-0.25, -0.2) is 4.85 Å². The number of anilines is 1. The molecule has 0 aliphatic rings. The summed E-state index contributed by atoms with van der Waals surface area (Å²) in [6.07, 6.45) is 0. The van der Waals surface area contributed by atoms with E-state index in [0.29, 0.717) is 17.8 Å². The van der Waals surface area contributed by atoms with Crippen LogP contribution in [0.2, 0.25) is 0 Å². The van der Waals surface area contributed by atoms with Crippen LogP contribution in [0.3, 0.4) is 0 Å². The molecule has 20 heavy (non-hydrogen) atoms. The molecular formula is C15H13N3O2. The molecular weight excluding hydrogens is 254 g/mol. The molecule has 0 fully saturated rings. The van der Waals surface area contributed by atoms with Crippen LogP contribution in [0.1, 0.15) is 11.1 Å². The van der Waals surface area contributed by atoms with Crippen molar-refractivity contribution in [2.45, 2.75) is 13.5 Å². The summed E-state index contributed by atoms with van der Waals surface area (Å²) in [5.74, 6) is 0. The van der Waals surface area contributed by atoms with Gasteiger partial charge in [0, 0.05) is 23.9 Å². The van der Waals surface area contributed by atoms with Crippen LogP contribution in [0.25, 0.3) is 4.85 Å². The second-order valence-electron chi connectivity index (χ2n) is 4.40. The molecule has 100 valence electrons. The molecule has 0 unspecified atom stereocenters. The van der Waals surface area contributed by atoms with Crippen molar-refractivity contribution in [3.63, 3.8) is 0 Å². The van der Waals surface area contributed by atoms with Gasteiger partial charge in [-0.05, 0) is 24.6 Å². The van der Waals surface area contributed by atoms with Gasteiger partial charge in [-0.3, -0.25) is 10.1 Å². The number of nitrogens with zero attached hydrogens (tertiary/aromatic N) is 2. The number of rotatable bonds is 4. The van der Waals surface area contributed by atoms with Crippen LogP contribution in [-0.2, 0) is 6.54 Å². The third-order valence-corrected chi connectivity index (χ3v) is 2.90. The Balaban J connectivity index is 2.19. The van der Waals surface area contributed by atoms with Gasteiger partial charge in [0.1, 0.15) is 0 Å². The van der Waals surface area contributed by atoms with Crippen molar-refractivity contribution in [3.8, 4) is 0 Å². The van der Waals surface area contributed by atoms with Crippen LogP contribution in [0, 0.1) is 23.6 Å². The number of nitro groups is 1. The fraction of sp³-hybridized carbons (Fsp3) is 0.133. The second kappa shape index (κ2) is 5.85. The zero-order valence-corrected chi connectivity index (χ0v) is 11.0. The third kappa shape index (κ3) is 3.12. The Morgan fingerprint density at radius 1 is 1.30 bits per heavy atom. The summed E-state index contributed by atoms with van der Waals surface area (Å²) in [5.41, 5.74) is 2.89. The van der Waals surface area contributed by atoms with Gasteiger partial charge in [0.2, 0.25) is 0 Å². The lowest BCUT2D eigenvalue weighted by Gasteiger charge is -2.08. The predicted octanol–water partition coefficient (Wildman–Crippen LogP) is 4.07. The van der Waals surface area contributed by atoms with E-state index in [9.17, 15) is 10.1 Å². The summed E-state index contributed by atoms with van der Waals surface area (Å²) in [5, 5.41) is 14.1. The van der Waals surface area contributed by atoms with E-state index in [1.165, 1.54) is 0 Å². The zero-order valence-electron chi connectivity index (χ0n) is 11.0. The van der Waals surface area contributed by atoms with Crippen molar-refractivity contribution in [2.75, 3.05) is 5.32 Å². The van der Waals surface area contributed by atoms with Crippen LogP contribution < -0.4 is 5.32 Å². The van der Waals surface area contributed by atoms with E-state index in [1.807, 2.05) is 19.1 Å². The van der Waals surface area contributed by atoms with Crippen molar-refractivity contribution in [1.82, 2.24) is 0 Å². The highest BCUT2D eigenvalue weighted by atomic mass is 16.6. The highest BCUT2D eigenvalue weighted by molar-refractivity contribution is 5.57. The second-order valence-corrected chi connectivity index (χ2v) is 4.40. The SMILES string of the molecule is [C-]#[N+]c1cccc(NCc2ccc(C)cc2[N+](=O)[O-])c1. The van der Waals surface area contributed by atoms with Crippen molar-refractivity contribution >= 4 is 17.1 Å². The Labute approximate surface area is 116 Å². The Morgan fingerprint density at radius 2 is 2.10 bits per heavy atom. The van der Waals surface area contributed by atoms with Gasteiger partial charge >= 0.3 is 0 Å². The normalized spacial score (nSPS) is 9.80.